The highest BCUT2D eigenvalue weighted by Crippen LogP contribution is 2.27. The molecule has 0 radical (unpaired) electrons. The van der Waals surface area contributed by atoms with Gasteiger partial charge >= 0.3 is 6.03 Å². The Kier molecular flexibility index (Phi) is 8.71. The lowest BCUT2D eigenvalue weighted by Gasteiger charge is -2.27. The zero-order valence-corrected chi connectivity index (χ0v) is 22.2. The summed E-state index contributed by atoms with van der Waals surface area (Å²) in [6, 6.07) is 13.9. The summed E-state index contributed by atoms with van der Waals surface area (Å²) in [4.78, 5) is 28.8. The van der Waals surface area contributed by atoms with Crippen molar-refractivity contribution in [2.45, 2.75) is 51.7 Å². The standard InChI is InChI=1S/C29H39N3O5/c1-22-6-11-26(23(2)18-22)37-21-29(35)12-4-14-31(16-13-29)19-24-7-9-25(10-8-24)36-17-5-15-32-27(33)20-30(3)28(32)34/h6-11,18,35H,4-5,12-17,19-21H2,1-3H3/t29-/m1/s1. The largest absolute Gasteiger partial charge is 0.494 e. The van der Waals surface area contributed by atoms with Crippen molar-refractivity contribution < 1.29 is 24.2 Å². The fourth-order valence-electron chi connectivity index (χ4n) is 4.96. The van der Waals surface area contributed by atoms with Gasteiger partial charge in [0.05, 0.1) is 12.2 Å². The number of rotatable bonds is 10. The Hall–Kier alpha value is -3.10. The second kappa shape index (κ2) is 12.0. The second-order valence-electron chi connectivity index (χ2n) is 10.4. The fraction of sp³-hybridized carbons (Fsp3) is 0.517. The molecule has 2 heterocycles. The number of carbonyl (C=O) groups is 2. The molecule has 2 aromatic rings. The first-order valence-corrected chi connectivity index (χ1v) is 13.1. The van der Waals surface area contributed by atoms with Crippen LogP contribution in [-0.4, -0.2) is 83.8 Å². The molecule has 1 N–H and O–H groups in total. The van der Waals surface area contributed by atoms with Gasteiger partial charge in [-0.2, -0.15) is 0 Å². The van der Waals surface area contributed by atoms with Crippen LogP contribution in [0, 0.1) is 13.8 Å². The van der Waals surface area contributed by atoms with Crippen LogP contribution in [0.1, 0.15) is 42.4 Å². The van der Waals surface area contributed by atoms with Crippen molar-refractivity contribution in [2.75, 3.05) is 46.4 Å². The van der Waals surface area contributed by atoms with Crippen molar-refractivity contribution in [1.29, 1.82) is 0 Å². The minimum absolute atomic E-state index is 0.151. The third kappa shape index (κ3) is 7.23. The van der Waals surface area contributed by atoms with Crippen molar-refractivity contribution >= 4 is 11.9 Å². The van der Waals surface area contributed by atoms with Crippen LogP contribution < -0.4 is 9.47 Å². The van der Waals surface area contributed by atoms with Crippen LogP contribution in [0.25, 0.3) is 0 Å². The molecule has 2 aliphatic rings. The van der Waals surface area contributed by atoms with Gasteiger partial charge in [0.15, 0.2) is 0 Å². The average Bonchev–Trinajstić information content (AvgIpc) is 2.99. The average molecular weight is 510 g/mol. The fourth-order valence-corrected chi connectivity index (χ4v) is 4.96. The number of hydrogen-bond donors (Lipinski definition) is 1. The van der Waals surface area contributed by atoms with E-state index in [0.717, 1.165) is 49.5 Å². The molecule has 200 valence electrons. The van der Waals surface area contributed by atoms with Gasteiger partial charge in [-0.15, -0.1) is 0 Å². The van der Waals surface area contributed by atoms with Gasteiger partial charge in [0.2, 0.25) is 5.91 Å². The first-order chi connectivity index (χ1) is 17.7. The van der Waals surface area contributed by atoms with Crippen molar-refractivity contribution in [3.05, 3.63) is 59.2 Å². The lowest BCUT2D eigenvalue weighted by molar-refractivity contribution is -0.125. The number of amides is 3. The number of benzene rings is 2. The van der Waals surface area contributed by atoms with Crippen LogP contribution in [0.15, 0.2) is 42.5 Å². The van der Waals surface area contributed by atoms with Crippen LogP contribution in [0.2, 0.25) is 0 Å². The van der Waals surface area contributed by atoms with E-state index in [1.807, 2.05) is 31.2 Å². The van der Waals surface area contributed by atoms with Gasteiger partial charge in [-0.05, 0) is 75.4 Å². The summed E-state index contributed by atoms with van der Waals surface area (Å²) < 4.78 is 11.8. The number of aliphatic hydroxyl groups is 1. The van der Waals surface area contributed by atoms with Gasteiger partial charge in [0.1, 0.15) is 24.7 Å². The molecule has 2 saturated heterocycles. The third-order valence-electron chi connectivity index (χ3n) is 7.19. The molecular formula is C29H39N3O5. The number of likely N-dealkylation sites (N-methyl/N-ethyl adjacent to an activating group) is 1. The van der Waals surface area contributed by atoms with Crippen LogP contribution in [0.5, 0.6) is 11.5 Å². The molecule has 0 bridgehead atoms. The summed E-state index contributed by atoms with van der Waals surface area (Å²) in [6.07, 6.45) is 2.92. The number of ether oxygens (including phenoxy) is 2. The van der Waals surface area contributed by atoms with Crippen molar-refractivity contribution in [2.24, 2.45) is 0 Å². The van der Waals surface area contributed by atoms with Gasteiger partial charge < -0.3 is 19.5 Å². The van der Waals surface area contributed by atoms with E-state index in [-0.39, 0.29) is 18.5 Å². The number of aryl methyl sites for hydroxylation is 2. The summed E-state index contributed by atoms with van der Waals surface area (Å²) >= 11 is 0. The molecule has 0 saturated carbocycles. The molecule has 3 amide bonds. The lowest BCUT2D eigenvalue weighted by atomic mass is 9.96. The highest BCUT2D eigenvalue weighted by atomic mass is 16.5. The Bertz CT molecular complexity index is 1090. The molecule has 4 rings (SSSR count). The highest BCUT2D eigenvalue weighted by molar-refractivity contribution is 6.01. The van der Waals surface area contributed by atoms with Gasteiger partial charge in [-0.3, -0.25) is 14.6 Å². The number of hydrogen-bond acceptors (Lipinski definition) is 6. The maximum absolute atomic E-state index is 11.9. The molecular weight excluding hydrogens is 470 g/mol. The zero-order chi connectivity index (χ0) is 26.4. The van der Waals surface area contributed by atoms with E-state index >= 15 is 0 Å². The first kappa shape index (κ1) is 26.9. The summed E-state index contributed by atoms with van der Waals surface area (Å²) in [6.45, 7) is 7.95. The Morgan fingerprint density at radius 3 is 2.49 bits per heavy atom. The number of carbonyl (C=O) groups excluding carboxylic acids is 2. The molecule has 8 nitrogen and oxygen atoms in total. The predicted molar refractivity (Wildman–Crippen MR) is 142 cm³/mol. The van der Waals surface area contributed by atoms with E-state index in [0.29, 0.717) is 32.6 Å². The molecule has 0 unspecified atom stereocenters. The van der Waals surface area contributed by atoms with Gasteiger partial charge in [-0.1, -0.05) is 29.8 Å². The Morgan fingerprint density at radius 2 is 1.78 bits per heavy atom. The molecule has 0 aromatic heterocycles. The molecule has 0 aliphatic carbocycles. The summed E-state index contributed by atoms with van der Waals surface area (Å²) in [5.41, 5.74) is 2.68. The molecule has 1 atom stereocenters. The summed E-state index contributed by atoms with van der Waals surface area (Å²) in [5, 5.41) is 11.2. The minimum atomic E-state index is -0.816. The smallest absolute Gasteiger partial charge is 0.326 e. The first-order valence-electron chi connectivity index (χ1n) is 13.1. The van der Waals surface area contributed by atoms with Crippen molar-refractivity contribution in [1.82, 2.24) is 14.7 Å². The SMILES string of the molecule is Cc1ccc(OC[C@@]2(O)CCCN(Cc3ccc(OCCCN4C(=O)CN(C)C4=O)cc3)CC2)c(C)c1. The van der Waals surface area contributed by atoms with Crippen LogP contribution in [0.3, 0.4) is 0 Å². The zero-order valence-electron chi connectivity index (χ0n) is 22.2. The van der Waals surface area contributed by atoms with E-state index in [1.54, 1.807) is 7.05 Å². The van der Waals surface area contributed by atoms with Crippen LogP contribution >= 0.6 is 0 Å². The molecule has 0 spiro atoms. The normalized spacial score (nSPS) is 20.9. The minimum Gasteiger partial charge on any atom is -0.494 e. The van der Waals surface area contributed by atoms with Crippen LogP contribution in [0.4, 0.5) is 4.79 Å². The quantitative estimate of drug-likeness (QED) is 0.388. The summed E-state index contributed by atoms with van der Waals surface area (Å²) in [7, 11) is 1.63. The number of nitrogens with zero attached hydrogens (tertiary/aromatic N) is 3. The number of urea groups is 1. The molecule has 2 fully saturated rings. The maximum atomic E-state index is 11.9. The second-order valence-corrected chi connectivity index (χ2v) is 10.4. The van der Waals surface area contributed by atoms with E-state index in [9.17, 15) is 14.7 Å². The maximum Gasteiger partial charge on any atom is 0.326 e. The monoisotopic (exact) mass is 509 g/mol. The van der Waals surface area contributed by atoms with E-state index in [4.69, 9.17) is 9.47 Å². The van der Waals surface area contributed by atoms with Crippen molar-refractivity contribution in [3.8, 4) is 11.5 Å². The van der Waals surface area contributed by atoms with Crippen LogP contribution in [-0.2, 0) is 11.3 Å². The summed E-state index contributed by atoms with van der Waals surface area (Å²) in [5.74, 6) is 1.46. The highest BCUT2D eigenvalue weighted by Gasteiger charge is 2.33. The molecule has 2 aliphatic heterocycles. The molecule has 37 heavy (non-hydrogen) atoms. The number of imide groups is 1. The van der Waals surface area contributed by atoms with Gasteiger partial charge in [-0.25, -0.2) is 4.79 Å². The topological polar surface area (TPSA) is 82.6 Å². The van der Waals surface area contributed by atoms with E-state index in [1.165, 1.54) is 20.9 Å². The van der Waals surface area contributed by atoms with E-state index < -0.39 is 5.60 Å². The van der Waals surface area contributed by atoms with Gasteiger partial charge in [0.25, 0.3) is 0 Å². The van der Waals surface area contributed by atoms with Crippen molar-refractivity contribution in [3.63, 3.8) is 0 Å². The Labute approximate surface area is 219 Å². The molecule has 2 aromatic carbocycles. The third-order valence-corrected chi connectivity index (χ3v) is 7.19. The number of likely N-dealkylation sites (tertiary alicyclic amines) is 1. The predicted octanol–water partition coefficient (Wildman–Crippen LogP) is 3.76. The lowest BCUT2D eigenvalue weighted by Crippen LogP contribution is -2.37. The Balaban J connectivity index is 1.19. The van der Waals surface area contributed by atoms with E-state index in [2.05, 4.69) is 30.0 Å². The Morgan fingerprint density at radius 1 is 1.00 bits per heavy atom. The van der Waals surface area contributed by atoms with Gasteiger partial charge in [0, 0.05) is 26.7 Å². The molecule has 8 heteroatoms.